The van der Waals surface area contributed by atoms with Crippen molar-refractivity contribution in [3.8, 4) is 11.3 Å². The maximum atomic E-state index is 13.1. The van der Waals surface area contributed by atoms with Crippen molar-refractivity contribution in [3.05, 3.63) is 52.1 Å². The highest BCUT2D eigenvalue weighted by molar-refractivity contribution is 5.90. The Bertz CT molecular complexity index is 751. The van der Waals surface area contributed by atoms with E-state index >= 15 is 0 Å². The van der Waals surface area contributed by atoms with Crippen molar-refractivity contribution in [1.82, 2.24) is 9.78 Å². The number of hydrogen-bond donors (Lipinski definition) is 0. The van der Waals surface area contributed by atoms with Crippen molar-refractivity contribution in [3.63, 3.8) is 0 Å². The Labute approximate surface area is 133 Å². The van der Waals surface area contributed by atoms with Crippen LogP contribution < -0.4 is 5.56 Å². The second-order valence-corrected chi connectivity index (χ2v) is 5.55. The summed E-state index contributed by atoms with van der Waals surface area (Å²) in [4.78, 5) is 24.4. The molecule has 0 aliphatic rings. The normalized spacial score (nSPS) is 10.8. The van der Waals surface area contributed by atoms with Crippen LogP contribution in [0.3, 0.4) is 0 Å². The number of ether oxygens (including phenoxy) is 1. The summed E-state index contributed by atoms with van der Waals surface area (Å²) >= 11 is 0. The van der Waals surface area contributed by atoms with Gasteiger partial charge in [-0.2, -0.15) is 5.10 Å². The van der Waals surface area contributed by atoms with E-state index in [-0.39, 0.29) is 23.9 Å². The summed E-state index contributed by atoms with van der Waals surface area (Å²) in [7, 11) is 0. The van der Waals surface area contributed by atoms with Gasteiger partial charge in [-0.05, 0) is 43.2 Å². The van der Waals surface area contributed by atoms with Crippen molar-refractivity contribution < 1.29 is 13.9 Å². The Morgan fingerprint density at radius 2 is 1.96 bits per heavy atom. The molecule has 5 nitrogen and oxygen atoms in total. The van der Waals surface area contributed by atoms with Gasteiger partial charge in [0.05, 0.1) is 12.3 Å². The lowest BCUT2D eigenvalue weighted by Crippen LogP contribution is -2.31. The molecule has 1 aromatic carbocycles. The van der Waals surface area contributed by atoms with Crippen LogP contribution in [0.25, 0.3) is 11.3 Å². The van der Waals surface area contributed by atoms with Gasteiger partial charge in [0.25, 0.3) is 5.56 Å². The highest BCUT2D eigenvalue weighted by Gasteiger charge is 2.18. The number of aromatic nitrogens is 2. The van der Waals surface area contributed by atoms with Crippen LogP contribution in [-0.2, 0) is 11.3 Å². The van der Waals surface area contributed by atoms with Crippen molar-refractivity contribution >= 4 is 5.97 Å². The number of rotatable bonds is 5. The largest absolute Gasteiger partial charge is 0.462 e. The minimum absolute atomic E-state index is 0.0678. The molecule has 0 atom stereocenters. The Kier molecular flexibility index (Phi) is 5.26. The molecule has 0 saturated heterocycles. The number of benzene rings is 1. The van der Waals surface area contributed by atoms with Crippen LogP contribution in [0.2, 0.25) is 0 Å². The van der Waals surface area contributed by atoms with Crippen LogP contribution in [0.5, 0.6) is 0 Å². The van der Waals surface area contributed by atoms with Gasteiger partial charge in [0.15, 0.2) is 0 Å². The van der Waals surface area contributed by atoms with Crippen LogP contribution in [0.1, 0.15) is 31.1 Å². The number of halogens is 1. The molecule has 0 N–H and O–H groups in total. The lowest BCUT2D eigenvalue weighted by Gasteiger charge is -2.12. The SMILES string of the molecule is CCOC(=O)c1cc(-c2ccc(F)cc2)nn(CC(C)C)c1=O. The van der Waals surface area contributed by atoms with E-state index in [1.807, 2.05) is 13.8 Å². The Morgan fingerprint density at radius 3 is 2.52 bits per heavy atom. The third-order valence-corrected chi connectivity index (χ3v) is 3.15. The Morgan fingerprint density at radius 1 is 1.30 bits per heavy atom. The second kappa shape index (κ2) is 7.17. The van der Waals surface area contributed by atoms with Crippen molar-refractivity contribution in [2.45, 2.75) is 27.3 Å². The minimum Gasteiger partial charge on any atom is -0.462 e. The van der Waals surface area contributed by atoms with Gasteiger partial charge in [-0.25, -0.2) is 13.9 Å². The first-order chi connectivity index (χ1) is 10.9. The summed E-state index contributed by atoms with van der Waals surface area (Å²) in [5.74, 6) is -0.866. The molecule has 0 radical (unpaired) electrons. The van der Waals surface area contributed by atoms with Gasteiger partial charge in [0.1, 0.15) is 11.4 Å². The standard InChI is InChI=1S/C17H19FN2O3/c1-4-23-17(22)14-9-15(12-5-7-13(18)8-6-12)19-20(16(14)21)10-11(2)3/h5-9,11H,4,10H2,1-3H3. The quantitative estimate of drug-likeness (QED) is 0.795. The van der Waals surface area contributed by atoms with Crippen LogP contribution >= 0.6 is 0 Å². The van der Waals surface area contributed by atoms with Crippen LogP contribution in [0, 0.1) is 11.7 Å². The average molecular weight is 318 g/mol. The fraction of sp³-hybridized carbons (Fsp3) is 0.353. The first-order valence-corrected chi connectivity index (χ1v) is 7.47. The molecule has 6 heteroatoms. The molecule has 0 aliphatic carbocycles. The maximum absolute atomic E-state index is 13.1. The molecule has 0 aliphatic heterocycles. The molecule has 2 aromatic rings. The number of carbonyl (C=O) groups excluding carboxylic acids is 1. The number of nitrogens with zero attached hydrogens (tertiary/aromatic N) is 2. The van der Waals surface area contributed by atoms with E-state index < -0.39 is 11.5 Å². The highest BCUT2D eigenvalue weighted by Crippen LogP contribution is 2.17. The molecule has 1 aromatic heterocycles. The summed E-state index contributed by atoms with van der Waals surface area (Å²) in [6.07, 6.45) is 0. The van der Waals surface area contributed by atoms with Gasteiger partial charge in [-0.15, -0.1) is 0 Å². The van der Waals surface area contributed by atoms with E-state index in [0.717, 1.165) is 0 Å². The first kappa shape index (κ1) is 16.9. The summed E-state index contributed by atoms with van der Waals surface area (Å²) in [6.45, 7) is 6.12. The second-order valence-electron chi connectivity index (χ2n) is 5.55. The Balaban J connectivity index is 2.58. The molecule has 1 heterocycles. The van der Waals surface area contributed by atoms with E-state index in [0.29, 0.717) is 17.8 Å². The smallest absolute Gasteiger partial charge is 0.343 e. The van der Waals surface area contributed by atoms with E-state index in [4.69, 9.17) is 4.74 Å². The van der Waals surface area contributed by atoms with Gasteiger partial charge in [-0.1, -0.05) is 13.8 Å². The number of esters is 1. The van der Waals surface area contributed by atoms with Gasteiger partial charge in [0.2, 0.25) is 0 Å². The fourth-order valence-corrected chi connectivity index (χ4v) is 2.13. The molecule has 122 valence electrons. The zero-order valence-corrected chi connectivity index (χ0v) is 13.4. The summed E-state index contributed by atoms with van der Waals surface area (Å²) in [6, 6.07) is 7.11. The molecule has 0 saturated carbocycles. The van der Waals surface area contributed by atoms with E-state index in [1.54, 1.807) is 19.1 Å². The number of carbonyl (C=O) groups is 1. The van der Waals surface area contributed by atoms with E-state index in [9.17, 15) is 14.0 Å². The summed E-state index contributed by atoms with van der Waals surface area (Å²) < 4.78 is 19.3. The monoisotopic (exact) mass is 318 g/mol. The van der Waals surface area contributed by atoms with Gasteiger partial charge < -0.3 is 4.74 Å². The van der Waals surface area contributed by atoms with Gasteiger partial charge >= 0.3 is 5.97 Å². The lowest BCUT2D eigenvalue weighted by atomic mass is 10.1. The van der Waals surface area contributed by atoms with Crippen molar-refractivity contribution in [2.75, 3.05) is 6.61 Å². The molecular weight excluding hydrogens is 299 g/mol. The highest BCUT2D eigenvalue weighted by atomic mass is 19.1. The minimum atomic E-state index is -0.680. The van der Waals surface area contributed by atoms with Crippen molar-refractivity contribution in [1.29, 1.82) is 0 Å². The fourth-order valence-electron chi connectivity index (χ4n) is 2.13. The van der Waals surface area contributed by atoms with Crippen molar-refractivity contribution in [2.24, 2.45) is 5.92 Å². The zero-order chi connectivity index (χ0) is 17.0. The molecule has 0 bridgehead atoms. The third kappa shape index (κ3) is 4.03. The molecule has 0 spiro atoms. The molecule has 2 rings (SSSR count). The van der Waals surface area contributed by atoms with Crippen LogP contribution in [-0.4, -0.2) is 22.4 Å². The first-order valence-electron chi connectivity index (χ1n) is 7.47. The topological polar surface area (TPSA) is 61.2 Å². The Hall–Kier alpha value is -2.50. The maximum Gasteiger partial charge on any atom is 0.343 e. The number of hydrogen-bond acceptors (Lipinski definition) is 4. The van der Waals surface area contributed by atoms with Gasteiger partial charge in [0, 0.05) is 12.1 Å². The molecule has 23 heavy (non-hydrogen) atoms. The van der Waals surface area contributed by atoms with Crippen LogP contribution in [0.4, 0.5) is 4.39 Å². The lowest BCUT2D eigenvalue weighted by molar-refractivity contribution is 0.0523. The molecular formula is C17H19FN2O3. The molecule has 0 amide bonds. The predicted molar refractivity (Wildman–Crippen MR) is 84.7 cm³/mol. The van der Waals surface area contributed by atoms with Crippen LogP contribution in [0.15, 0.2) is 35.1 Å². The summed E-state index contributed by atoms with van der Waals surface area (Å²) in [5, 5.41) is 4.29. The predicted octanol–water partition coefficient (Wildman–Crippen LogP) is 2.88. The average Bonchev–Trinajstić information content (AvgIpc) is 2.50. The molecule has 0 unspecified atom stereocenters. The molecule has 0 fully saturated rings. The third-order valence-electron chi connectivity index (χ3n) is 3.15. The summed E-state index contributed by atoms with van der Waals surface area (Å²) in [5.41, 5.74) is 0.493. The van der Waals surface area contributed by atoms with Gasteiger partial charge in [-0.3, -0.25) is 4.79 Å². The van der Waals surface area contributed by atoms with E-state index in [1.165, 1.54) is 22.9 Å². The van der Waals surface area contributed by atoms with E-state index in [2.05, 4.69) is 5.10 Å². The zero-order valence-electron chi connectivity index (χ0n) is 13.4.